The lowest BCUT2D eigenvalue weighted by Crippen LogP contribution is -2.46. The fourth-order valence-corrected chi connectivity index (χ4v) is 5.03. The number of hydrogen-bond acceptors (Lipinski definition) is 6. The number of ether oxygens (including phenoxy) is 2. The van der Waals surface area contributed by atoms with Gasteiger partial charge in [0.15, 0.2) is 0 Å². The van der Waals surface area contributed by atoms with Gasteiger partial charge in [0.05, 0.1) is 0 Å². The first-order valence-corrected chi connectivity index (χ1v) is 13.9. The Morgan fingerprint density at radius 1 is 0.929 bits per heavy atom. The van der Waals surface area contributed by atoms with Crippen LogP contribution in [-0.2, 0) is 22.4 Å². The van der Waals surface area contributed by atoms with Gasteiger partial charge in [-0.15, -0.1) is 0 Å². The van der Waals surface area contributed by atoms with Crippen molar-refractivity contribution in [2.75, 3.05) is 0 Å². The predicted octanol–water partition coefficient (Wildman–Crippen LogP) is 6.52. The fourth-order valence-electron chi connectivity index (χ4n) is 5.03. The molecule has 0 saturated heterocycles. The molecule has 1 atom stereocenters. The topological polar surface area (TPSA) is 111 Å². The molecule has 2 heterocycles. The molecule has 5 rings (SSSR count). The smallest absolute Gasteiger partial charge is 0.408 e. The van der Waals surface area contributed by atoms with Gasteiger partial charge in [0.25, 0.3) is 0 Å². The number of aromatic amines is 1. The van der Waals surface area contributed by atoms with E-state index in [1.165, 1.54) is 0 Å². The summed E-state index contributed by atoms with van der Waals surface area (Å²) in [5, 5.41) is 4.38. The molecule has 8 nitrogen and oxygen atoms in total. The number of hydrogen-bond donors (Lipinski definition) is 2. The first kappa shape index (κ1) is 28.7. The number of rotatable bonds is 7. The molecule has 0 spiro atoms. The van der Waals surface area contributed by atoms with E-state index in [4.69, 9.17) is 13.9 Å². The lowest BCUT2D eigenvalue weighted by molar-refractivity contribution is -0.136. The van der Waals surface area contributed by atoms with Gasteiger partial charge in [0.1, 0.15) is 23.0 Å². The van der Waals surface area contributed by atoms with Crippen molar-refractivity contribution in [3.05, 3.63) is 111 Å². The average molecular weight is 567 g/mol. The molecule has 216 valence electrons. The Kier molecular flexibility index (Phi) is 7.89. The molecule has 0 aliphatic rings. The second-order valence-electron chi connectivity index (χ2n) is 11.4. The molecule has 0 aliphatic carbocycles. The number of para-hydroxylation sites is 1. The molecule has 5 aromatic rings. The first-order valence-electron chi connectivity index (χ1n) is 13.9. The molecular formula is C34H34N2O6. The summed E-state index contributed by atoms with van der Waals surface area (Å²) < 4.78 is 17.0. The molecule has 0 saturated carbocycles. The van der Waals surface area contributed by atoms with Crippen molar-refractivity contribution in [1.82, 2.24) is 10.3 Å². The number of nitrogens with one attached hydrogen (secondary N) is 2. The predicted molar refractivity (Wildman–Crippen MR) is 162 cm³/mol. The van der Waals surface area contributed by atoms with E-state index in [9.17, 15) is 14.4 Å². The zero-order chi connectivity index (χ0) is 30.0. The van der Waals surface area contributed by atoms with Crippen LogP contribution >= 0.6 is 0 Å². The highest BCUT2D eigenvalue weighted by atomic mass is 16.6. The van der Waals surface area contributed by atoms with E-state index < -0.39 is 29.3 Å². The van der Waals surface area contributed by atoms with Crippen LogP contribution in [0.2, 0.25) is 0 Å². The summed E-state index contributed by atoms with van der Waals surface area (Å²) in [6, 6.07) is 19.9. The van der Waals surface area contributed by atoms with Crippen LogP contribution in [-0.4, -0.2) is 28.7 Å². The van der Waals surface area contributed by atoms with Crippen molar-refractivity contribution in [2.24, 2.45) is 0 Å². The summed E-state index contributed by atoms with van der Waals surface area (Å²) in [7, 11) is 0. The lowest BCUT2D eigenvalue weighted by Gasteiger charge is -2.23. The number of amides is 1. The van der Waals surface area contributed by atoms with Gasteiger partial charge in [-0.3, -0.25) is 0 Å². The van der Waals surface area contributed by atoms with Gasteiger partial charge in [-0.2, -0.15) is 0 Å². The maximum atomic E-state index is 13.6. The van der Waals surface area contributed by atoms with Crippen molar-refractivity contribution in [3.8, 4) is 5.75 Å². The van der Waals surface area contributed by atoms with E-state index in [1.807, 2.05) is 67.7 Å². The summed E-state index contributed by atoms with van der Waals surface area (Å²) in [4.78, 5) is 42.5. The van der Waals surface area contributed by atoms with Crippen LogP contribution in [0.25, 0.3) is 21.9 Å². The Hall–Kier alpha value is -4.85. The highest BCUT2D eigenvalue weighted by molar-refractivity contribution is 5.89. The van der Waals surface area contributed by atoms with Gasteiger partial charge in [0.2, 0.25) is 0 Å². The molecule has 3 aromatic carbocycles. The Bertz CT molecular complexity index is 1830. The van der Waals surface area contributed by atoms with Gasteiger partial charge in [-0.25, -0.2) is 14.4 Å². The minimum atomic E-state index is -1.05. The number of benzene rings is 3. The van der Waals surface area contributed by atoms with Crippen molar-refractivity contribution in [1.29, 1.82) is 0 Å². The molecule has 0 fully saturated rings. The third-order valence-corrected chi connectivity index (χ3v) is 7.16. The molecule has 42 heavy (non-hydrogen) atoms. The Labute approximate surface area is 243 Å². The second kappa shape index (κ2) is 11.6. The van der Waals surface area contributed by atoms with Crippen molar-refractivity contribution in [2.45, 2.75) is 59.1 Å². The van der Waals surface area contributed by atoms with Crippen molar-refractivity contribution < 1.29 is 23.5 Å². The van der Waals surface area contributed by atoms with E-state index >= 15 is 0 Å². The second-order valence-corrected chi connectivity index (χ2v) is 11.4. The van der Waals surface area contributed by atoms with Gasteiger partial charge < -0.3 is 24.2 Å². The standard InChI is InChI=1S/C34H34N2O6/c1-20-24-15-16-29(21(2)30(24)41-31(37)26(20)17-22-11-7-6-8-12-22)40-32(38)28(36-33(39)42-34(3,4)5)18-23-19-35-27-14-10-9-13-25(23)27/h6-16,19,28,35H,17-18H2,1-5H3,(H,36,39)/t28-/m0/s1. The number of aryl methyl sites for hydroxylation is 2. The number of fused-ring (bicyclic) bond motifs is 2. The summed E-state index contributed by atoms with van der Waals surface area (Å²) >= 11 is 0. The number of carbonyl (C=O) groups is 2. The Balaban J connectivity index is 1.44. The van der Waals surface area contributed by atoms with Crippen LogP contribution in [0, 0.1) is 13.8 Å². The van der Waals surface area contributed by atoms with Crippen molar-refractivity contribution in [3.63, 3.8) is 0 Å². The summed E-state index contributed by atoms with van der Waals surface area (Å²) in [6.07, 6.45) is 1.71. The molecule has 2 aromatic heterocycles. The third-order valence-electron chi connectivity index (χ3n) is 7.16. The van der Waals surface area contributed by atoms with E-state index in [0.29, 0.717) is 23.1 Å². The zero-order valence-electron chi connectivity index (χ0n) is 24.4. The van der Waals surface area contributed by atoms with Crippen LogP contribution in [0.1, 0.15) is 48.6 Å². The maximum absolute atomic E-state index is 13.6. The van der Waals surface area contributed by atoms with Gasteiger partial charge >= 0.3 is 17.7 Å². The number of alkyl carbamates (subject to hydrolysis) is 1. The van der Waals surface area contributed by atoms with Crippen LogP contribution in [0.4, 0.5) is 4.79 Å². The van der Waals surface area contributed by atoms with Crippen LogP contribution in [0.3, 0.4) is 0 Å². The van der Waals surface area contributed by atoms with Crippen LogP contribution < -0.4 is 15.7 Å². The van der Waals surface area contributed by atoms with Gasteiger partial charge in [-0.05, 0) is 69.5 Å². The van der Waals surface area contributed by atoms with E-state index in [-0.39, 0.29) is 12.2 Å². The minimum absolute atomic E-state index is 0.172. The highest BCUT2D eigenvalue weighted by Crippen LogP contribution is 2.30. The summed E-state index contributed by atoms with van der Waals surface area (Å²) in [5.41, 5.74) is 3.85. The largest absolute Gasteiger partial charge is 0.444 e. The maximum Gasteiger partial charge on any atom is 0.408 e. The number of H-pyrrole nitrogens is 1. The van der Waals surface area contributed by atoms with Gasteiger partial charge in [-0.1, -0.05) is 48.5 Å². The average Bonchev–Trinajstić information content (AvgIpc) is 3.35. The Morgan fingerprint density at radius 3 is 2.38 bits per heavy atom. The lowest BCUT2D eigenvalue weighted by atomic mass is 9.98. The monoisotopic (exact) mass is 566 g/mol. The van der Waals surface area contributed by atoms with Crippen molar-refractivity contribution >= 4 is 33.9 Å². The molecule has 0 radical (unpaired) electrons. The van der Waals surface area contributed by atoms with E-state index in [0.717, 1.165) is 33.0 Å². The number of carbonyl (C=O) groups excluding carboxylic acids is 2. The molecule has 8 heteroatoms. The molecule has 1 amide bonds. The van der Waals surface area contributed by atoms with Gasteiger partial charge in [0, 0.05) is 46.5 Å². The highest BCUT2D eigenvalue weighted by Gasteiger charge is 2.28. The minimum Gasteiger partial charge on any atom is -0.444 e. The molecule has 0 bridgehead atoms. The van der Waals surface area contributed by atoms with E-state index in [1.54, 1.807) is 39.8 Å². The molecule has 0 unspecified atom stereocenters. The zero-order valence-corrected chi connectivity index (χ0v) is 24.4. The number of esters is 1. The van der Waals surface area contributed by atoms with Crippen LogP contribution in [0.15, 0.2) is 82.1 Å². The molecule has 2 N–H and O–H groups in total. The van der Waals surface area contributed by atoms with E-state index in [2.05, 4.69) is 10.3 Å². The SMILES string of the molecule is Cc1c(Cc2ccccc2)c(=O)oc2c(C)c(OC(=O)[C@H](Cc3c[nH]c4ccccc34)NC(=O)OC(C)(C)C)ccc12. The normalized spacial score (nSPS) is 12.3. The fraction of sp³-hybridized carbons (Fsp3) is 0.265. The molecule has 0 aliphatic heterocycles. The van der Waals surface area contributed by atoms with Crippen LogP contribution in [0.5, 0.6) is 5.75 Å². The Morgan fingerprint density at radius 2 is 1.64 bits per heavy atom. The summed E-state index contributed by atoms with van der Waals surface area (Å²) in [6.45, 7) is 8.88. The first-order chi connectivity index (χ1) is 20.0. The third kappa shape index (κ3) is 6.22. The quantitative estimate of drug-likeness (QED) is 0.132. The molecular weight excluding hydrogens is 532 g/mol. The summed E-state index contributed by atoms with van der Waals surface area (Å²) in [5.74, 6) is -0.436. The number of aromatic nitrogens is 1.